The van der Waals surface area contributed by atoms with E-state index in [9.17, 15) is 24.0 Å². The fourth-order valence-corrected chi connectivity index (χ4v) is 4.35. The van der Waals surface area contributed by atoms with E-state index in [2.05, 4.69) is 21.3 Å². The quantitative estimate of drug-likeness (QED) is 0.285. The van der Waals surface area contributed by atoms with Gasteiger partial charge in [-0.05, 0) is 55.5 Å². The lowest BCUT2D eigenvalue weighted by Gasteiger charge is -2.29. The van der Waals surface area contributed by atoms with Crippen LogP contribution in [0.4, 0.5) is 16.2 Å². The predicted octanol–water partition coefficient (Wildman–Crippen LogP) is 2.28. The molecular formula is C28H35N5O7. The van der Waals surface area contributed by atoms with E-state index in [-0.39, 0.29) is 31.8 Å². The molecule has 0 saturated carbocycles. The van der Waals surface area contributed by atoms with Crippen molar-refractivity contribution in [3.8, 4) is 5.75 Å². The number of carbonyl (C=O) groups is 5. The first-order valence-electron chi connectivity index (χ1n) is 13.0. The van der Waals surface area contributed by atoms with E-state index in [1.807, 2.05) is 25.1 Å². The molecule has 0 aromatic heterocycles. The Labute approximate surface area is 232 Å². The highest BCUT2D eigenvalue weighted by Crippen LogP contribution is 2.26. The molecule has 5 N–H and O–H groups in total. The maximum Gasteiger partial charge on any atom is 0.323 e. The number of carboxylic acid groups (broad SMARTS) is 1. The molecule has 1 saturated heterocycles. The van der Waals surface area contributed by atoms with Gasteiger partial charge in [-0.1, -0.05) is 24.3 Å². The first kappa shape index (κ1) is 29.9. The van der Waals surface area contributed by atoms with Crippen LogP contribution in [0, 0.1) is 6.92 Å². The molecule has 12 nitrogen and oxygen atoms in total. The molecule has 2 aromatic rings. The number of hydrogen-bond acceptors (Lipinski definition) is 6. The molecule has 0 radical (unpaired) electrons. The van der Waals surface area contributed by atoms with E-state index in [0.717, 1.165) is 12.0 Å². The Kier molecular flexibility index (Phi) is 10.9. The fraction of sp³-hybridized carbons (Fsp3) is 0.393. The number of aryl methyl sites for hydroxylation is 1. The second-order valence-electron chi connectivity index (χ2n) is 9.42. The van der Waals surface area contributed by atoms with Gasteiger partial charge in [-0.2, -0.15) is 0 Å². The molecule has 1 aliphatic heterocycles. The summed E-state index contributed by atoms with van der Waals surface area (Å²) in [7, 11) is 1.44. The molecule has 0 spiro atoms. The molecule has 1 fully saturated rings. The minimum absolute atomic E-state index is 0.0711. The third-order valence-electron chi connectivity index (χ3n) is 6.48. The standard InChI is InChI=1S/C28H35N5O7/c1-18-7-3-4-8-20(18)31-28(39)32-21-11-10-19(15-23(21)40-2)16-24(34)30-17-25(35)33(14-12-26(36)37)22-9-5-6-13-29-27(22)38/h3-4,7-8,10-11,15,22H,5-6,9,12-14,16-17H2,1-2H3,(H,29,38)(H,30,34)(H,36,37)(H2,31,32,39). The maximum atomic E-state index is 12.9. The van der Waals surface area contributed by atoms with Crippen LogP contribution in [0.25, 0.3) is 0 Å². The van der Waals surface area contributed by atoms with Gasteiger partial charge in [0.05, 0.1) is 32.2 Å². The first-order valence-corrected chi connectivity index (χ1v) is 13.0. The predicted molar refractivity (Wildman–Crippen MR) is 148 cm³/mol. The number of ether oxygens (including phenoxy) is 1. The van der Waals surface area contributed by atoms with Crippen molar-refractivity contribution in [3.63, 3.8) is 0 Å². The summed E-state index contributed by atoms with van der Waals surface area (Å²) in [5, 5.41) is 19.9. The Balaban J connectivity index is 1.58. The maximum absolute atomic E-state index is 12.9. The molecule has 1 heterocycles. The van der Waals surface area contributed by atoms with Gasteiger partial charge in [0, 0.05) is 18.8 Å². The molecule has 1 aliphatic rings. The molecule has 0 bridgehead atoms. The van der Waals surface area contributed by atoms with Crippen molar-refractivity contribution in [2.75, 3.05) is 37.4 Å². The molecule has 5 amide bonds. The second kappa shape index (κ2) is 14.5. The average molecular weight is 554 g/mol. The number of benzene rings is 2. The Bertz CT molecular complexity index is 1250. The van der Waals surface area contributed by atoms with Crippen molar-refractivity contribution in [2.24, 2.45) is 0 Å². The van der Waals surface area contributed by atoms with Crippen LogP contribution in [0.3, 0.4) is 0 Å². The van der Waals surface area contributed by atoms with E-state index in [4.69, 9.17) is 9.84 Å². The Morgan fingerprint density at radius 1 is 1.07 bits per heavy atom. The number of methoxy groups -OCH3 is 1. The van der Waals surface area contributed by atoms with Crippen LogP contribution in [-0.2, 0) is 25.6 Å². The highest BCUT2D eigenvalue weighted by molar-refractivity contribution is 6.01. The Morgan fingerprint density at radius 2 is 1.82 bits per heavy atom. The van der Waals surface area contributed by atoms with E-state index in [1.165, 1.54) is 12.0 Å². The summed E-state index contributed by atoms with van der Waals surface area (Å²) in [6.07, 6.45) is 1.53. The Morgan fingerprint density at radius 3 is 2.55 bits per heavy atom. The molecular weight excluding hydrogens is 518 g/mol. The number of nitrogens with one attached hydrogen (secondary N) is 4. The monoisotopic (exact) mass is 553 g/mol. The zero-order valence-electron chi connectivity index (χ0n) is 22.6. The molecule has 2 aromatic carbocycles. The number of para-hydroxylation sites is 1. The Hall–Kier alpha value is -4.61. The third-order valence-corrected chi connectivity index (χ3v) is 6.48. The van der Waals surface area contributed by atoms with Crippen molar-refractivity contribution >= 4 is 41.1 Å². The van der Waals surface area contributed by atoms with Gasteiger partial charge in [0.15, 0.2) is 0 Å². The summed E-state index contributed by atoms with van der Waals surface area (Å²) < 4.78 is 5.38. The van der Waals surface area contributed by atoms with Crippen LogP contribution in [0.2, 0.25) is 0 Å². The molecule has 214 valence electrons. The van der Waals surface area contributed by atoms with Crippen LogP contribution >= 0.6 is 0 Å². The number of carbonyl (C=O) groups excluding carboxylic acids is 4. The highest BCUT2D eigenvalue weighted by Gasteiger charge is 2.31. The molecule has 1 unspecified atom stereocenters. The SMILES string of the molecule is COc1cc(CC(=O)NCC(=O)N(CCC(=O)O)C2CCCCNC2=O)ccc1NC(=O)Nc1ccccc1C. The van der Waals surface area contributed by atoms with Crippen molar-refractivity contribution < 1.29 is 33.8 Å². The van der Waals surface area contributed by atoms with Gasteiger partial charge in [0.25, 0.3) is 0 Å². The van der Waals surface area contributed by atoms with Gasteiger partial charge in [-0.15, -0.1) is 0 Å². The van der Waals surface area contributed by atoms with Crippen molar-refractivity contribution in [3.05, 3.63) is 53.6 Å². The summed E-state index contributed by atoms with van der Waals surface area (Å²) in [5.74, 6) is -2.04. The van der Waals surface area contributed by atoms with Crippen molar-refractivity contribution in [1.29, 1.82) is 0 Å². The molecule has 40 heavy (non-hydrogen) atoms. The normalized spacial score (nSPS) is 14.8. The summed E-state index contributed by atoms with van der Waals surface area (Å²) in [6, 6.07) is 11.0. The number of amides is 5. The van der Waals surface area contributed by atoms with Gasteiger partial charge >= 0.3 is 12.0 Å². The van der Waals surface area contributed by atoms with Gasteiger partial charge in [-0.3, -0.25) is 19.2 Å². The lowest BCUT2D eigenvalue weighted by atomic mass is 10.1. The minimum atomic E-state index is -1.09. The van der Waals surface area contributed by atoms with Gasteiger partial charge < -0.3 is 36.0 Å². The smallest absolute Gasteiger partial charge is 0.323 e. The van der Waals surface area contributed by atoms with Gasteiger partial charge in [-0.25, -0.2) is 4.79 Å². The molecule has 12 heteroatoms. The van der Waals surface area contributed by atoms with Gasteiger partial charge in [0.2, 0.25) is 17.7 Å². The summed E-state index contributed by atoms with van der Waals surface area (Å²) in [6.45, 7) is 1.87. The van der Waals surface area contributed by atoms with Crippen LogP contribution in [0.15, 0.2) is 42.5 Å². The van der Waals surface area contributed by atoms with E-state index >= 15 is 0 Å². The number of carboxylic acids is 1. The number of urea groups is 1. The van der Waals surface area contributed by atoms with Crippen LogP contribution < -0.4 is 26.0 Å². The fourth-order valence-electron chi connectivity index (χ4n) is 4.35. The zero-order valence-corrected chi connectivity index (χ0v) is 22.6. The van der Waals surface area contributed by atoms with Crippen LogP contribution in [-0.4, -0.2) is 72.5 Å². The van der Waals surface area contributed by atoms with Crippen LogP contribution in [0.1, 0.15) is 36.8 Å². The second-order valence-corrected chi connectivity index (χ2v) is 9.42. The van der Waals surface area contributed by atoms with E-state index in [1.54, 1.807) is 24.3 Å². The lowest BCUT2D eigenvalue weighted by Crippen LogP contribution is -2.52. The number of hydrogen-bond donors (Lipinski definition) is 5. The first-order chi connectivity index (χ1) is 19.2. The lowest BCUT2D eigenvalue weighted by molar-refractivity contribution is -0.143. The van der Waals surface area contributed by atoms with Crippen molar-refractivity contribution in [2.45, 2.75) is 45.1 Å². The van der Waals surface area contributed by atoms with Crippen molar-refractivity contribution in [1.82, 2.24) is 15.5 Å². The van der Waals surface area contributed by atoms with E-state index < -0.39 is 29.9 Å². The molecule has 0 aliphatic carbocycles. The van der Waals surface area contributed by atoms with Gasteiger partial charge in [0.1, 0.15) is 11.8 Å². The summed E-state index contributed by atoms with van der Waals surface area (Å²) in [5.41, 5.74) is 2.57. The highest BCUT2D eigenvalue weighted by atomic mass is 16.5. The topological polar surface area (TPSA) is 166 Å². The van der Waals surface area contributed by atoms with E-state index in [0.29, 0.717) is 42.1 Å². The number of nitrogens with zero attached hydrogens (tertiary/aromatic N) is 1. The largest absolute Gasteiger partial charge is 0.495 e. The number of rotatable bonds is 11. The summed E-state index contributed by atoms with van der Waals surface area (Å²) in [4.78, 5) is 62.8. The average Bonchev–Trinajstić information content (AvgIpc) is 3.13. The molecule has 1 atom stereocenters. The van der Waals surface area contributed by atoms with Crippen LogP contribution in [0.5, 0.6) is 5.75 Å². The third kappa shape index (κ3) is 8.72. The number of anilines is 2. The number of aliphatic carboxylic acids is 1. The molecule has 3 rings (SSSR count). The minimum Gasteiger partial charge on any atom is -0.495 e. The zero-order chi connectivity index (χ0) is 29.1. The summed E-state index contributed by atoms with van der Waals surface area (Å²) >= 11 is 0.